The van der Waals surface area contributed by atoms with Crippen molar-refractivity contribution in [1.29, 1.82) is 0 Å². The fourth-order valence-electron chi connectivity index (χ4n) is 2.04. The molecule has 0 aliphatic rings. The lowest BCUT2D eigenvalue weighted by atomic mass is 10.2. The van der Waals surface area contributed by atoms with E-state index in [1.165, 1.54) is 0 Å². The second-order valence-electron chi connectivity index (χ2n) is 4.54. The van der Waals surface area contributed by atoms with Gasteiger partial charge in [-0.25, -0.2) is 0 Å². The summed E-state index contributed by atoms with van der Waals surface area (Å²) >= 11 is 0. The van der Waals surface area contributed by atoms with Gasteiger partial charge in [-0.15, -0.1) is 0 Å². The molecule has 4 nitrogen and oxygen atoms in total. The molecule has 1 aromatic carbocycles. The van der Waals surface area contributed by atoms with E-state index in [9.17, 15) is 4.79 Å². The normalized spacial score (nSPS) is 10.4. The van der Waals surface area contributed by atoms with Crippen LogP contribution in [-0.4, -0.2) is 15.5 Å². The molecule has 0 saturated heterocycles. The molecule has 20 heavy (non-hydrogen) atoms. The number of aromatic nitrogens is 2. The highest BCUT2D eigenvalue weighted by Gasteiger charge is 2.05. The molecule has 2 N–H and O–H groups in total. The van der Waals surface area contributed by atoms with Crippen molar-refractivity contribution in [2.24, 2.45) is 0 Å². The number of aromatic amines is 1. The predicted octanol–water partition coefficient (Wildman–Crippen LogP) is 2.74. The monoisotopic (exact) mass is 265 g/mol. The number of carbonyl (C=O) groups excluding carboxylic acids is 1. The van der Waals surface area contributed by atoms with Crippen molar-refractivity contribution in [3.8, 4) is 5.69 Å². The highest BCUT2D eigenvalue weighted by Crippen LogP contribution is 2.10. The van der Waals surface area contributed by atoms with Gasteiger partial charge >= 0.3 is 0 Å². The lowest BCUT2D eigenvalue weighted by Gasteiger charge is -2.06. The van der Waals surface area contributed by atoms with Crippen molar-refractivity contribution in [1.82, 2.24) is 14.9 Å². The second-order valence-corrected chi connectivity index (χ2v) is 4.54. The molecule has 0 fully saturated rings. The molecule has 0 saturated carbocycles. The number of carbonyl (C=O) groups is 1. The number of hydrogen-bond acceptors (Lipinski definition) is 1. The number of rotatable bonds is 4. The van der Waals surface area contributed by atoms with E-state index < -0.39 is 0 Å². The molecule has 0 atom stereocenters. The zero-order valence-electron chi connectivity index (χ0n) is 10.9. The molecule has 3 aromatic rings. The van der Waals surface area contributed by atoms with E-state index in [1.54, 1.807) is 0 Å². The first-order valence-electron chi connectivity index (χ1n) is 6.46. The number of nitrogens with zero attached hydrogens (tertiary/aromatic N) is 1. The molecule has 1 amide bonds. The van der Waals surface area contributed by atoms with Crippen molar-refractivity contribution in [2.75, 3.05) is 0 Å². The van der Waals surface area contributed by atoms with Crippen LogP contribution in [0.1, 0.15) is 15.9 Å². The maximum absolute atomic E-state index is 12.0. The van der Waals surface area contributed by atoms with Crippen LogP contribution in [0, 0.1) is 0 Å². The average molecular weight is 265 g/mol. The van der Waals surface area contributed by atoms with Crippen molar-refractivity contribution in [2.45, 2.75) is 6.54 Å². The minimum absolute atomic E-state index is 0.0646. The SMILES string of the molecule is O=C(NCc1cc[nH]c1)c1ccc(-n2cccc2)cc1. The Morgan fingerprint density at radius 1 is 1.10 bits per heavy atom. The van der Waals surface area contributed by atoms with Gasteiger partial charge in [-0.1, -0.05) is 0 Å². The first-order chi connectivity index (χ1) is 9.83. The van der Waals surface area contributed by atoms with Crippen molar-refractivity contribution >= 4 is 5.91 Å². The van der Waals surface area contributed by atoms with Crippen LogP contribution in [0.4, 0.5) is 0 Å². The lowest BCUT2D eigenvalue weighted by molar-refractivity contribution is 0.0951. The van der Waals surface area contributed by atoms with Gasteiger partial charge in [-0.3, -0.25) is 4.79 Å². The third-order valence-corrected chi connectivity index (χ3v) is 3.15. The maximum atomic E-state index is 12.0. The van der Waals surface area contributed by atoms with Crippen LogP contribution in [-0.2, 0) is 6.54 Å². The van der Waals surface area contributed by atoms with Gasteiger partial charge in [0, 0.05) is 42.6 Å². The molecule has 0 radical (unpaired) electrons. The number of nitrogens with one attached hydrogen (secondary N) is 2. The number of H-pyrrole nitrogens is 1. The molecular formula is C16H15N3O. The zero-order chi connectivity index (χ0) is 13.8. The Labute approximate surface area is 117 Å². The molecule has 0 unspecified atom stereocenters. The van der Waals surface area contributed by atoms with Crippen molar-refractivity contribution < 1.29 is 4.79 Å². The molecule has 100 valence electrons. The zero-order valence-corrected chi connectivity index (χ0v) is 10.9. The van der Waals surface area contributed by atoms with Crippen LogP contribution in [0.15, 0.2) is 67.3 Å². The quantitative estimate of drug-likeness (QED) is 0.748. The number of amides is 1. The Balaban J connectivity index is 1.66. The van der Waals surface area contributed by atoms with Crippen LogP contribution in [0.25, 0.3) is 5.69 Å². The van der Waals surface area contributed by atoms with Gasteiger partial charge in [0.05, 0.1) is 0 Å². The maximum Gasteiger partial charge on any atom is 0.251 e. The molecule has 0 aliphatic heterocycles. The third-order valence-electron chi connectivity index (χ3n) is 3.15. The Hall–Kier alpha value is -2.75. The van der Waals surface area contributed by atoms with Crippen molar-refractivity contribution in [3.63, 3.8) is 0 Å². The van der Waals surface area contributed by atoms with Crippen LogP contribution in [0.2, 0.25) is 0 Å². The highest BCUT2D eigenvalue weighted by atomic mass is 16.1. The van der Waals surface area contributed by atoms with Crippen LogP contribution in [0.5, 0.6) is 0 Å². The van der Waals surface area contributed by atoms with Gasteiger partial charge < -0.3 is 14.9 Å². The number of hydrogen-bond donors (Lipinski definition) is 2. The van der Waals surface area contributed by atoms with Crippen LogP contribution >= 0.6 is 0 Å². The summed E-state index contributed by atoms with van der Waals surface area (Å²) in [5, 5.41) is 2.89. The summed E-state index contributed by atoms with van der Waals surface area (Å²) in [4.78, 5) is 15.0. The second kappa shape index (κ2) is 5.48. The van der Waals surface area contributed by atoms with Crippen molar-refractivity contribution in [3.05, 3.63) is 78.4 Å². The van der Waals surface area contributed by atoms with Crippen LogP contribution < -0.4 is 5.32 Å². The van der Waals surface area contributed by atoms with Crippen LogP contribution in [0.3, 0.4) is 0 Å². The Bertz CT molecular complexity index is 667. The molecule has 2 aromatic heterocycles. The van der Waals surface area contributed by atoms with Gasteiger partial charge in [0.1, 0.15) is 0 Å². The Morgan fingerprint density at radius 3 is 2.50 bits per heavy atom. The van der Waals surface area contributed by atoms with E-state index in [0.717, 1.165) is 11.3 Å². The topological polar surface area (TPSA) is 49.8 Å². The molecule has 2 heterocycles. The first-order valence-corrected chi connectivity index (χ1v) is 6.46. The minimum atomic E-state index is -0.0646. The fraction of sp³-hybridized carbons (Fsp3) is 0.0625. The summed E-state index contributed by atoms with van der Waals surface area (Å²) in [6.45, 7) is 0.529. The van der Waals surface area contributed by atoms with E-state index in [4.69, 9.17) is 0 Å². The summed E-state index contributed by atoms with van der Waals surface area (Å²) in [5.41, 5.74) is 2.76. The molecule has 0 aliphatic carbocycles. The summed E-state index contributed by atoms with van der Waals surface area (Å²) in [6.07, 6.45) is 7.66. The summed E-state index contributed by atoms with van der Waals surface area (Å²) < 4.78 is 2.00. The van der Waals surface area contributed by atoms with Gasteiger partial charge in [-0.05, 0) is 48.0 Å². The van der Waals surface area contributed by atoms with Gasteiger partial charge in [0.25, 0.3) is 5.91 Å². The van der Waals surface area contributed by atoms with E-state index in [1.807, 2.05) is 71.8 Å². The highest BCUT2D eigenvalue weighted by molar-refractivity contribution is 5.94. The minimum Gasteiger partial charge on any atom is -0.367 e. The van der Waals surface area contributed by atoms with E-state index in [-0.39, 0.29) is 5.91 Å². The molecule has 4 heteroatoms. The smallest absolute Gasteiger partial charge is 0.251 e. The molecule has 3 rings (SSSR count). The van der Waals surface area contributed by atoms with Gasteiger partial charge in [0.2, 0.25) is 0 Å². The average Bonchev–Trinajstić information content (AvgIpc) is 3.18. The summed E-state index contributed by atoms with van der Waals surface area (Å²) in [5.74, 6) is -0.0646. The molecule has 0 spiro atoms. The number of benzene rings is 1. The standard InChI is InChI=1S/C16H15N3O/c20-16(18-12-13-7-8-17-11-13)14-3-5-15(6-4-14)19-9-1-2-10-19/h1-11,17H,12H2,(H,18,20). The Morgan fingerprint density at radius 2 is 1.85 bits per heavy atom. The summed E-state index contributed by atoms with van der Waals surface area (Å²) in [6, 6.07) is 13.4. The van der Waals surface area contributed by atoms with Gasteiger partial charge in [-0.2, -0.15) is 0 Å². The fourth-order valence-corrected chi connectivity index (χ4v) is 2.04. The molecular weight excluding hydrogens is 250 g/mol. The first kappa shape index (κ1) is 12.3. The van der Waals surface area contributed by atoms with E-state index >= 15 is 0 Å². The largest absolute Gasteiger partial charge is 0.367 e. The van der Waals surface area contributed by atoms with Gasteiger partial charge in [0.15, 0.2) is 0 Å². The predicted molar refractivity (Wildman–Crippen MR) is 77.7 cm³/mol. The third kappa shape index (κ3) is 2.64. The van der Waals surface area contributed by atoms with E-state index in [2.05, 4.69) is 10.3 Å². The van der Waals surface area contributed by atoms with E-state index in [0.29, 0.717) is 12.1 Å². The molecule has 0 bridgehead atoms. The Kier molecular flexibility index (Phi) is 3.37. The lowest BCUT2D eigenvalue weighted by Crippen LogP contribution is -2.22. The summed E-state index contributed by atoms with van der Waals surface area (Å²) in [7, 11) is 0.